The van der Waals surface area contributed by atoms with Gasteiger partial charge in [0.1, 0.15) is 17.4 Å². The predicted octanol–water partition coefficient (Wildman–Crippen LogP) is 8.34. The molecule has 1 unspecified atom stereocenters. The van der Waals surface area contributed by atoms with Crippen LogP contribution in [0.4, 0.5) is 30.7 Å². The summed E-state index contributed by atoms with van der Waals surface area (Å²) in [6.45, 7) is 1.61. The molecule has 0 radical (unpaired) electrons. The van der Waals surface area contributed by atoms with Crippen molar-refractivity contribution >= 4 is 37.6 Å². The number of hydrogen-bond donors (Lipinski definition) is 0. The van der Waals surface area contributed by atoms with E-state index in [9.17, 15) is 40.8 Å². The molecule has 3 nitrogen and oxygen atoms in total. The average molecular weight is 629 g/mol. The van der Waals surface area contributed by atoms with Gasteiger partial charge in [0.25, 0.3) is 5.56 Å². The number of thioether (sulfide) groups is 1. The average Bonchev–Trinajstić information content (AvgIpc) is 3.38. The number of benzene rings is 2. The molecule has 0 spiro atoms. The molecule has 2 aromatic heterocycles. The molecule has 0 aliphatic carbocycles. The molecule has 2 aromatic carbocycles. The molecule has 0 amide bonds. The highest BCUT2D eigenvalue weighted by Gasteiger charge is 2.37. The van der Waals surface area contributed by atoms with Crippen molar-refractivity contribution in [2.45, 2.75) is 37.1 Å². The largest absolute Gasteiger partial charge is 0.417 e. The van der Waals surface area contributed by atoms with Crippen LogP contribution in [0.2, 0.25) is 0 Å². The van der Waals surface area contributed by atoms with E-state index >= 15 is 0 Å². The summed E-state index contributed by atoms with van der Waals surface area (Å²) in [6.07, 6.45) is -8.90. The number of nitrogens with zero attached hydrogens (tertiary/aromatic N) is 2. The van der Waals surface area contributed by atoms with Crippen LogP contribution in [0.3, 0.4) is 0 Å². The highest BCUT2D eigenvalue weighted by molar-refractivity contribution is 7.99. The van der Waals surface area contributed by atoms with Crippen molar-refractivity contribution < 1.29 is 30.7 Å². The van der Waals surface area contributed by atoms with Crippen LogP contribution in [0.15, 0.2) is 63.6 Å². The van der Waals surface area contributed by atoms with Gasteiger partial charge in [-0.25, -0.2) is 4.39 Å². The minimum absolute atomic E-state index is 0.166. The summed E-state index contributed by atoms with van der Waals surface area (Å²) >= 11 is 2.20. The molecule has 41 heavy (non-hydrogen) atoms. The predicted molar refractivity (Wildman–Crippen MR) is 150 cm³/mol. The van der Waals surface area contributed by atoms with Crippen LogP contribution >= 0.6 is 32.3 Å². The summed E-state index contributed by atoms with van der Waals surface area (Å²) < 4.78 is 97.3. The number of hydrogen-bond acceptors (Lipinski definition) is 4. The Balaban J connectivity index is 1.91. The number of thiophene rings is 1. The topological polar surface area (TPSA) is 45.8 Å². The third-order valence-electron chi connectivity index (χ3n) is 6.05. The second-order valence-corrected chi connectivity index (χ2v) is 11.7. The van der Waals surface area contributed by atoms with E-state index < -0.39 is 40.4 Å². The molecule has 1 atom stereocenters. The molecule has 0 aliphatic rings. The van der Waals surface area contributed by atoms with Crippen LogP contribution in [0.1, 0.15) is 35.6 Å². The van der Waals surface area contributed by atoms with Gasteiger partial charge in [-0.15, -0.1) is 32.3 Å². The number of halogens is 7. The number of nitriles is 1. The minimum Gasteiger partial charge on any atom is -0.302 e. The van der Waals surface area contributed by atoms with Crippen molar-refractivity contribution in [3.8, 4) is 27.8 Å². The Bertz CT molecular complexity index is 1700. The Morgan fingerprint density at radius 2 is 1.73 bits per heavy atom. The zero-order chi connectivity index (χ0) is 30.1. The maximum absolute atomic E-state index is 13.9. The molecular weight excluding hydrogens is 608 g/mol. The van der Waals surface area contributed by atoms with Crippen molar-refractivity contribution in [2.75, 3.05) is 5.75 Å². The Hall–Kier alpha value is -3.13. The molecular formula is C28H20F7N2OPS2. The summed E-state index contributed by atoms with van der Waals surface area (Å²) in [5, 5.41) is 11.3. The van der Waals surface area contributed by atoms with E-state index in [1.807, 2.05) is 6.92 Å². The zero-order valence-electron chi connectivity index (χ0n) is 21.2. The van der Waals surface area contributed by atoms with Gasteiger partial charge >= 0.3 is 12.4 Å². The van der Waals surface area contributed by atoms with Gasteiger partial charge in [0.2, 0.25) is 0 Å². The van der Waals surface area contributed by atoms with E-state index in [0.717, 1.165) is 40.5 Å². The SMILES string of the molecule is CCCSc1cc(-c2csc(-c3cc(C(F)(F)F)c(C#N)c(=O)n3Cc3ccc(F)cc3P)c2)cc(C(F)(F)F)c1. The molecule has 0 bridgehead atoms. The molecule has 4 aromatic rings. The van der Waals surface area contributed by atoms with E-state index in [2.05, 4.69) is 9.24 Å². The summed E-state index contributed by atoms with van der Waals surface area (Å²) in [7, 11) is 2.29. The van der Waals surface area contributed by atoms with Gasteiger partial charge in [0, 0.05) is 4.90 Å². The number of rotatable bonds is 7. The van der Waals surface area contributed by atoms with Gasteiger partial charge in [-0.05, 0) is 82.0 Å². The maximum Gasteiger partial charge on any atom is 0.417 e. The van der Waals surface area contributed by atoms with Crippen LogP contribution in [-0.2, 0) is 18.9 Å². The van der Waals surface area contributed by atoms with Crippen molar-refractivity contribution in [2.24, 2.45) is 0 Å². The molecule has 0 saturated carbocycles. The molecule has 13 heteroatoms. The standard InChI is InChI=1S/C28H20F7N2OPS2/c1-2-5-40-20-7-16(6-18(9-20)27(30,31)32)17-8-25(41-14-17)23-11-22(28(33,34)35)21(12-36)26(38)37(23)13-15-3-4-19(29)10-24(15)39/h3-4,6-11,14H,2,5,13,39H2,1H3. The van der Waals surface area contributed by atoms with E-state index in [4.69, 9.17) is 0 Å². The summed E-state index contributed by atoms with van der Waals surface area (Å²) in [5.74, 6) is 0.0333. The van der Waals surface area contributed by atoms with Crippen LogP contribution in [0.25, 0.3) is 21.7 Å². The molecule has 0 saturated heterocycles. The smallest absolute Gasteiger partial charge is 0.302 e. The Kier molecular flexibility index (Phi) is 9.02. The lowest BCUT2D eigenvalue weighted by Gasteiger charge is -2.17. The van der Waals surface area contributed by atoms with Crippen LogP contribution < -0.4 is 10.9 Å². The normalized spacial score (nSPS) is 12.0. The third-order valence-corrected chi connectivity index (χ3v) is 8.72. The lowest BCUT2D eigenvalue weighted by atomic mass is 10.0. The lowest BCUT2D eigenvalue weighted by Crippen LogP contribution is -2.29. The monoisotopic (exact) mass is 628 g/mol. The Labute approximate surface area is 240 Å². The van der Waals surface area contributed by atoms with E-state index in [-0.39, 0.29) is 22.7 Å². The fourth-order valence-corrected chi connectivity index (χ4v) is 6.22. The molecule has 4 rings (SSSR count). The minimum atomic E-state index is -5.02. The van der Waals surface area contributed by atoms with Gasteiger partial charge in [0.05, 0.1) is 28.2 Å². The van der Waals surface area contributed by atoms with E-state index in [1.54, 1.807) is 6.07 Å². The van der Waals surface area contributed by atoms with Gasteiger partial charge in [-0.2, -0.15) is 31.6 Å². The number of aromatic nitrogens is 1. The van der Waals surface area contributed by atoms with Gasteiger partial charge in [0.15, 0.2) is 0 Å². The first-order valence-corrected chi connectivity index (χ1v) is 14.4. The number of alkyl halides is 6. The second-order valence-electron chi connectivity index (χ2n) is 8.95. The summed E-state index contributed by atoms with van der Waals surface area (Å²) in [6, 6.07) is 10.7. The molecule has 0 N–H and O–H groups in total. The molecule has 214 valence electrons. The fraction of sp³-hybridized carbons (Fsp3) is 0.214. The number of pyridine rings is 1. The molecule has 2 heterocycles. The van der Waals surface area contributed by atoms with Crippen molar-refractivity contribution in [1.29, 1.82) is 5.26 Å². The second kappa shape index (κ2) is 12.0. The van der Waals surface area contributed by atoms with Gasteiger partial charge in [-0.3, -0.25) is 4.79 Å². The van der Waals surface area contributed by atoms with Gasteiger partial charge in [-0.1, -0.05) is 13.0 Å². The lowest BCUT2D eigenvalue weighted by molar-refractivity contribution is -0.138. The Morgan fingerprint density at radius 3 is 2.34 bits per heavy atom. The highest BCUT2D eigenvalue weighted by atomic mass is 32.2. The van der Waals surface area contributed by atoms with E-state index in [0.29, 0.717) is 33.1 Å². The van der Waals surface area contributed by atoms with Gasteiger partial charge < -0.3 is 4.57 Å². The van der Waals surface area contributed by atoms with Crippen molar-refractivity contribution in [3.05, 3.63) is 92.3 Å². The first-order chi connectivity index (χ1) is 19.2. The fourth-order valence-electron chi connectivity index (χ4n) is 4.07. The summed E-state index contributed by atoms with van der Waals surface area (Å²) in [4.78, 5) is 13.8. The zero-order valence-corrected chi connectivity index (χ0v) is 23.9. The molecule has 0 aliphatic heterocycles. The first-order valence-electron chi connectivity index (χ1n) is 12.0. The van der Waals surface area contributed by atoms with Crippen molar-refractivity contribution in [3.63, 3.8) is 0 Å². The van der Waals surface area contributed by atoms with Crippen LogP contribution in [0.5, 0.6) is 0 Å². The Morgan fingerprint density at radius 1 is 1.00 bits per heavy atom. The maximum atomic E-state index is 13.9. The highest BCUT2D eigenvalue weighted by Crippen LogP contribution is 2.40. The quantitative estimate of drug-likeness (QED) is 0.117. The summed E-state index contributed by atoms with van der Waals surface area (Å²) in [5.41, 5.74) is -3.83. The van der Waals surface area contributed by atoms with E-state index in [1.165, 1.54) is 41.4 Å². The third kappa shape index (κ3) is 6.85. The van der Waals surface area contributed by atoms with Crippen LogP contribution in [-0.4, -0.2) is 10.3 Å². The first kappa shape index (κ1) is 30.8. The molecule has 0 fully saturated rings. The van der Waals surface area contributed by atoms with Crippen molar-refractivity contribution in [1.82, 2.24) is 4.57 Å². The van der Waals surface area contributed by atoms with Crippen LogP contribution in [0, 0.1) is 17.1 Å².